The molecule has 3 heterocycles. The highest BCUT2D eigenvalue weighted by molar-refractivity contribution is 8.00. The number of amides is 1. The third kappa shape index (κ3) is 3.37. The monoisotopic (exact) mass is 439 g/mol. The minimum absolute atomic E-state index is 0.00120. The van der Waals surface area contributed by atoms with Crippen LogP contribution in [0.1, 0.15) is 34.1 Å². The van der Waals surface area contributed by atoms with Gasteiger partial charge in [0.1, 0.15) is 21.9 Å². The van der Waals surface area contributed by atoms with E-state index in [2.05, 4.69) is 16.9 Å². The average Bonchev–Trinajstić information content (AvgIpc) is 3.12. The zero-order valence-corrected chi connectivity index (χ0v) is 18.4. The maximum absolute atomic E-state index is 12.9. The Hall–Kier alpha value is -2.45. The van der Waals surface area contributed by atoms with E-state index in [9.17, 15) is 9.59 Å². The summed E-state index contributed by atoms with van der Waals surface area (Å²) in [6, 6.07) is 5.25. The van der Waals surface area contributed by atoms with Gasteiger partial charge in [0.15, 0.2) is 12.4 Å². The van der Waals surface area contributed by atoms with Gasteiger partial charge in [0.05, 0.1) is 11.4 Å². The summed E-state index contributed by atoms with van der Waals surface area (Å²) < 4.78 is 5.45. The number of aromatic nitrogens is 2. The number of thioether (sulfide) groups is 1. The molecule has 1 aliphatic heterocycles. The number of carbonyl (C=O) groups excluding carboxylic acids is 2. The highest BCUT2D eigenvalue weighted by Crippen LogP contribution is 2.40. The number of hydrogen-bond acceptors (Lipinski definition) is 7. The van der Waals surface area contributed by atoms with Crippen molar-refractivity contribution in [2.75, 3.05) is 24.3 Å². The van der Waals surface area contributed by atoms with Gasteiger partial charge in [0, 0.05) is 22.9 Å². The number of ketones is 1. The summed E-state index contributed by atoms with van der Waals surface area (Å²) in [7, 11) is 1.70. The molecule has 2 aromatic heterocycles. The zero-order chi connectivity index (χ0) is 20.8. The van der Waals surface area contributed by atoms with Gasteiger partial charge in [0.2, 0.25) is 0 Å². The van der Waals surface area contributed by atoms with Gasteiger partial charge in [-0.05, 0) is 48.9 Å². The van der Waals surface area contributed by atoms with E-state index in [1.807, 2.05) is 0 Å². The number of aryl methyl sites for hydroxylation is 1. The number of likely N-dealkylation sites (N-methyl/N-ethyl adjacent to an activating group) is 1. The largest absolute Gasteiger partial charge is 0.482 e. The van der Waals surface area contributed by atoms with Crippen molar-refractivity contribution < 1.29 is 14.3 Å². The van der Waals surface area contributed by atoms with Crippen molar-refractivity contribution >= 4 is 50.7 Å². The second-order valence-electron chi connectivity index (χ2n) is 7.85. The van der Waals surface area contributed by atoms with Crippen LogP contribution in [-0.4, -0.2) is 41.1 Å². The molecule has 1 amide bonds. The van der Waals surface area contributed by atoms with E-state index in [0.29, 0.717) is 22.9 Å². The number of carbonyl (C=O) groups is 2. The lowest BCUT2D eigenvalue weighted by molar-refractivity contribution is -0.120. The molecule has 30 heavy (non-hydrogen) atoms. The van der Waals surface area contributed by atoms with E-state index in [0.717, 1.165) is 28.1 Å². The molecule has 0 fully saturated rings. The van der Waals surface area contributed by atoms with Crippen molar-refractivity contribution in [3.05, 3.63) is 40.5 Å². The van der Waals surface area contributed by atoms with Gasteiger partial charge in [-0.1, -0.05) is 18.7 Å². The average molecular weight is 440 g/mol. The standard InChI is InChI=1S/C22H21N3O3S2/c1-12-3-5-14-18(7-12)30-22-20(14)21(23-11-24-22)29-10-16(26)13-4-6-17-15(8-13)25(2)19(27)9-28-17/h4,6,8,11-12H,3,5,7,9-10H2,1-2H3. The molecular weight excluding hydrogens is 418 g/mol. The summed E-state index contributed by atoms with van der Waals surface area (Å²) in [6.45, 7) is 2.32. The molecule has 154 valence electrons. The Bertz CT molecular complexity index is 1170. The molecule has 1 unspecified atom stereocenters. The normalized spacial score (nSPS) is 18.1. The number of anilines is 1. The smallest absolute Gasteiger partial charge is 0.264 e. The first-order valence-corrected chi connectivity index (χ1v) is 11.8. The summed E-state index contributed by atoms with van der Waals surface area (Å²) in [5.74, 6) is 1.48. The van der Waals surface area contributed by atoms with Crippen molar-refractivity contribution in [1.29, 1.82) is 0 Å². The van der Waals surface area contributed by atoms with E-state index in [-0.39, 0.29) is 24.1 Å². The minimum Gasteiger partial charge on any atom is -0.482 e. The van der Waals surface area contributed by atoms with Crippen LogP contribution in [-0.2, 0) is 17.6 Å². The number of thiophene rings is 1. The molecule has 5 rings (SSSR count). The third-order valence-corrected chi connectivity index (χ3v) is 7.92. The van der Waals surface area contributed by atoms with E-state index in [1.54, 1.807) is 42.9 Å². The topological polar surface area (TPSA) is 72.4 Å². The molecule has 1 atom stereocenters. The van der Waals surface area contributed by atoms with Gasteiger partial charge in [-0.2, -0.15) is 0 Å². The quantitative estimate of drug-likeness (QED) is 0.346. The number of nitrogens with zero attached hydrogens (tertiary/aromatic N) is 3. The summed E-state index contributed by atoms with van der Waals surface area (Å²) in [5.41, 5.74) is 2.57. The number of Topliss-reactive ketones (excluding diaryl/α,β-unsaturated/α-hetero) is 1. The predicted octanol–water partition coefficient (Wildman–Crippen LogP) is 4.15. The van der Waals surface area contributed by atoms with Gasteiger partial charge in [-0.3, -0.25) is 9.59 Å². The van der Waals surface area contributed by atoms with Crippen LogP contribution in [0.2, 0.25) is 0 Å². The molecule has 0 bridgehead atoms. The number of hydrogen-bond donors (Lipinski definition) is 0. The highest BCUT2D eigenvalue weighted by Gasteiger charge is 2.25. The first-order chi connectivity index (χ1) is 14.5. The van der Waals surface area contributed by atoms with Crippen LogP contribution in [0.15, 0.2) is 29.6 Å². The summed E-state index contributed by atoms with van der Waals surface area (Å²) in [4.78, 5) is 37.7. The van der Waals surface area contributed by atoms with E-state index >= 15 is 0 Å². The molecule has 6 nitrogen and oxygen atoms in total. The Balaban J connectivity index is 1.39. The maximum Gasteiger partial charge on any atom is 0.264 e. The van der Waals surface area contributed by atoms with Crippen LogP contribution in [0, 0.1) is 5.92 Å². The second kappa shape index (κ2) is 7.67. The number of ether oxygens (including phenoxy) is 1. The third-order valence-electron chi connectivity index (χ3n) is 5.76. The fourth-order valence-electron chi connectivity index (χ4n) is 4.02. The van der Waals surface area contributed by atoms with E-state index < -0.39 is 0 Å². The Morgan fingerprint density at radius 1 is 1.37 bits per heavy atom. The van der Waals surface area contributed by atoms with Crippen molar-refractivity contribution in [2.24, 2.45) is 5.92 Å². The minimum atomic E-state index is -0.124. The molecule has 1 aliphatic carbocycles. The number of fused-ring (bicyclic) bond motifs is 4. The van der Waals surface area contributed by atoms with Crippen LogP contribution in [0.4, 0.5) is 5.69 Å². The second-order valence-corrected chi connectivity index (χ2v) is 9.89. The molecule has 0 saturated heterocycles. The number of benzene rings is 1. The van der Waals surface area contributed by atoms with Gasteiger partial charge >= 0.3 is 0 Å². The molecule has 8 heteroatoms. The van der Waals surface area contributed by atoms with Gasteiger partial charge in [0.25, 0.3) is 5.91 Å². The highest BCUT2D eigenvalue weighted by atomic mass is 32.2. The van der Waals surface area contributed by atoms with Crippen LogP contribution in [0.25, 0.3) is 10.2 Å². The predicted molar refractivity (Wildman–Crippen MR) is 119 cm³/mol. The molecule has 3 aromatic rings. The lowest BCUT2D eigenvalue weighted by atomic mass is 9.89. The molecule has 0 radical (unpaired) electrons. The Labute approximate surface area is 182 Å². The molecule has 0 spiro atoms. The van der Waals surface area contributed by atoms with Gasteiger partial charge < -0.3 is 9.64 Å². The lowest BCUT2D eigenvalue weighted by Gasteiger charge is -2.26. The summed E-state index contributed by atoms with van der Waals surface area (Å²) >= 11 is 3.23. The van der Waals surface area contributed by atoms with Gasteiger partial charge in [-0.25, -0.2) is 9.97 Å². The Morgan fingerprint density at radius 2 is 2.23 bits per heavy atom. The van der Waals surface area contributed by atoms with Crippen molar-refractivity contribution in [2.45, 2.75) is 31.2 Å². The summed E-state index contributed by atoms with van der Waals surface area (Å²) in [5, 5.41) is 2.01. The molecule has 0 saturated carbocycles. The fourth-order valence-corrected chi connectivity index (χ4v) is 6.35. The van der Waals surface area contributed by atoms with E-state index in [4.69, 9.17) is 4.74 Å². The Morgan fingerprint density at radius 3 is 3.10 bits per heavy atom. The van der Waals surface area contributed by atoms with Crippen molar-refractivity contribution in [3.63, 3.8) is 0 Å². The van der Waals surface area contributed by atoms with Crippen LogP contribution in [0.3, 0.4) is 0 Å². The zero-order valence-electron chi connectivity index (χ0n) is 16.8. The first-order valence-electron chi connectivity index (χ1n) is 9.96. The first kappa shape index (κ1) is 19.5. The SMILES string of the molecule is CC1CCc2c(sc3ncnc(SCC(=O)c4ccc5c(c4)N(C)C(=O)CO5)c23)C1. The van der Waals surface area contributed by atoms with E-state index in [1.165, 1.54) is 33.5 Å². The molecule has 0 N–H and O–H groups in total. The van der Waals surface area contributed by atoms with Gasteiger partial charge in [-0.15, -0.1) is 11.3 Å². The molecule has 2 aliphatic rings. The van der Waals surface area contributed by atoms with Crippen LogP contribution >= 0.6 is 23.1 Å². The van der Waals surface area contributed by atoms with Crippen LogP contribution in [0.5, 0.6) is 5.75 Å². The molecular formula is C22H21N3O3S2. The fraction of sp³-hybridized carbons (Fsp3) is 0.364. The lowest BCUT2D eigenvalue weighted by Crippen LogP contribution is -2.35. The Kier molecular flexibility index (Phi) is 4.99. The van der Waals surface area contributed by atoms with Crippen LogP contribution < -0.4 is 9.64 Å². The maximum atomic E-state index is 12.9. The molecule has 1 aromatic carbocycles. The number of rotatable bonds is 4. The van der Waals surface area contributed by atoms with Crippen molar-refractivity contribution in [1.82, 2.24) is 9.97 Å². The van der Waals surface area contributed by atoms with Crippen molar-refractivity contribution in [3.8, 4) is 5.75 Å². The summed E-state index contributed by atoms with van der Waals surface area (Å²) in [6.07, 6.45) is 4.93.